The molecular weight excluding hydrogens is 290 g/mol. The molecule has 1 aromatic carbocycles. The number of aromatic nitrogens is 2. The molecule has 2 aromatic rings. The fourth-order valence-electron chi connectivity index (χ4n) is 2.26. The van der Waals surface area contributed by atoms with E-state index in [1.54, 1.807) is 6.07 Å². The number of rotatable bonds is 4. The second kappa shape index (κ2) is 5.72. The maximum absolute atomic E-state index is 13.7. The van der Waals surface area contributed by atoms with E-state index in [9.17, 15) is 8.78 Å². The molecule has 1 aromatic heterocycles. The lowest BCUT2D eigenvalue weighted by Crippen LogP contribution is -2.57. The summed E-state index contributed by atoms with van der Waals surface area (Å²) < 4.78 is 26.6. The highest BCUT2D eigenvalue weighted by molar-refractivity contribution is 5.62. The Hall–Kier alpha value is -2.48. The van der Waals surface area contributed by atoms with Crippen LogP contribution < -0.4 is 21.3 Å². The molecule has 1 saturated heterocycles. The number of nitrogens with zero attached hydrogens (tertiary/aromatic N) is 3. The first-order valence-corrected chi connectivity index (χ1v) is 6.84. The molecule has 6 nitrogen and oxygen atoms in total. The number of likely N-dealkylation sites (N-methyl/N-ethyl adjacent to an activating group) is 1. The molecule has 4 N–H and O–H groups in total. The molecule has 0 saturated carbocycles. The third kappa shape index (κ3) is 2.91. The molecule has 1 aliphatic rings. The topological polar surface area (TPSA) is 79.1 Å². The predicted molar refractivity (Wildman–Crippen MR) is 81.1 cm³/mol. The standard InChI is InChI=1S/C14H16F2N6/c1-18-9-6-22(7-9)13-5-12(20-14(17)21-13)19-11-3-2-8(15)4-10(11)16/h2-5,9,18H,6-7H2,1H3,(H3,17,19,20,21). The Morgan fingerprint density at radius 1 is 1.23 bits per heavy atom. The molecule has 0 spiro atoms. The van der Waals surface area contributed by atoms with Crippen LogP contribution in [0.1, 0.15) is 0 Å². The largest absolute Gasteiger partial charge is 0.368 e. The summed E-state index contributed by atoms with van der Waals surface area (Å²) in [6.45, 7) is 1.63. The number of nitrogen functional groups attached to an aromatic ring is 1. The molecule has 0 aliphatic carbocycles. The van der Waals surface area contributed by atoms with Crippen molar-refractivity contribution in [2.45, 2.75) is 6.04 Å². The normalized spacial score (nSPS) is 14.8. The summed E-state index contributed by atoms with van der Waals surface area (Å²) in [5.41, 5.74) is 5.83. The van der Waals surface area contributed by atoms with Crippen molar-refractivity contribution in [3.63, 3.8) is 0 Å². The van der Waals surface area contributed by atoms with Gasteiger partial charge < -0.3 is 21.3 Å². The molecule has 22 heavy (non-hydrogen) atoms. The second-order valence-electron chi connectivity index (χ2n) is 5.11. The van der Waals surface area contributed by atoms with Crippen LogP contribution in [0.15, 0.2) is 24.3 Å². The van der Waals surface area contributed by atoms with Gasteiger partial charge in [-0.3, -0.25) is 0 Å². The van der Waals surface area contributed by atoms with Gasteiger partial charge in [0, 0.05) is 31.3 Å². The molecule has 0 bridgehead atoms. The van der Waals surface area contributed by atoms with Crippen molar-refractivity contribution in [3.05, 3.63) is 35.9 Å². The number of anilines is 4. The molecule has 0 atom stereocenters. The van der Waals surface area contributed by atoms with E-state index in [2.05, 4.69) is 20.6 Å². The Morgan fingerprint density at radius 3 is 2.68 bits per heavy atom. The lowest BCUT2D eigenvalue weighted by molar-refractivity contribution is 0.447. The smallest absolute Gasteiger partial charge is 0.223 e. The second-order valence-corrected chi connectivity index (χ2v) is 5.11. The summed E-state index contributed by atoms with van der Waals surface area (Å²) >= 11 is 0. The van der Waals surface area contributed by atoms with Crippen molar-refractivity contribution >= 4 is 23.3 Å². The van der Waals surface area contributed by atoms with Crippen molar-refractivity contribution < 1.29 is 8.78 Å². The molecule has 1 aliphatic heterocycles. The van der Waals surface area contributed by atoms with Crippen LogP contribution in [0.3, 0.4) is 0 Å². The SMILES string of the molecule is CNC1CN(c2cc(Nc3ccc(F)cc3F)nc(N)n2)C1. The molecule has 0 radical (unpaired) electrons. The van der Waals surface area contributed by atoms with Gasteiger partial charge in [-0.15, -0.1) is 0 Å². The van der Waals surface area contributed by atoms with Crippen LogP contribution in [0.2, 0.25) is 0 Å². The summed E-state index contributed by atoms with van der Waals surface area (Å²) in [6.07, 6.45) is 0. The number of nitrogens with two attached hydrogens (primary N) is 1. The molecule has 1 fully saturated rings. The van der Waals surface area contributed by atoms with Crippen molar-refractivity contribution in [2.24, 2.45) is 0 Å². The fraction of sp³-hybridized carbons (Fsp3) is 0.286. The third-order valence-corrected chi connectivity index (χ3v) is 3.54. The van der Waals surface area contributed by atoms with Crippen LogP contribution >= 0.6 is 0 Å². The van der Waals surface area contributed by atoms with Gasteiger partial charge in [-0.2, -0.15) is 9.97 Å². The van der Waals surface area contributed by atoms with E-state index in [-0.39, 0.29) is 11.6 Å². The predicted octanol–water partition coefficient (Wildman–Crippen LogP) is 1.49. The Morgan fingerprint density at radius 2 is 2.00 bits per heavy atom. The molecule has 0 unspecified atom stereocenters. The molecule has 8 heteroatoms. The van der Waals surface area contributed by atoms with E-state index in [1.165, 1.54) is 12.1 Å². The average molecular weight is 306 g/mol. The molecule has 3 rings (SSSR count). The summed E-state index contributed by atoms with van der Waals surface area (Å²) in [6, 6.07) is 5.39. The van der Waals surface area contributed by atoms with Crippen LogP contribution in [-0.4, -0.2) is 36.1 Å². The Kier molecular flexibility index (Phi) is 3.76. The van der Waals surface area contributed by atoms with Crippen molar-refractivity contribution in [2.75, 3.05) is 36.1 Å². The van der Waals surface area contributed by atoms with Gasteiger partial charge in [-0.1, -0.05) is 0 Å². The maximum Gasteiger partial charge on any atom is 0.223 e. The van der Waals surface area contributed by atoms with E-state index in [0.717, 1.165) is 19.2 Å². The minimum atomic E-state index is -0.696. The third-order valence-electron chi connectivity index (χ3n) is 3.54. The van der Waals surface area contributed by atoms with Gasteiger partial charge in [-0.25, -0.2) is 8.78 Å². The monoisotopic (exact) mass is 306 g/mol. The first-order valence-electron chi connectivity index (χ1n) is 6.84. The summed E-state index contributed by atoms with van der Waals surface area (Å²) in [4.78, 5) is 10.2. The maximum atomic E-state index is 13.7. The van der Waals surface area contributed by atoms with E-state index < -0.39 is 11.6 Å². The summed E-state index contributed by atoms with van der Waals surface area (Å²) in [5.74, 6) is -0.206. The molecule has 0 amide bonds. The zero-order valence-corrected chi connectivity index (χ0v) is 12.0. The highest BCUT2D eigenvalue weighted by Gasteiger charge is 2.26. The highest BCUT2D eigenvalue weighted by Crippen LogP contribution is 2.25. The Labute approximate surface area is 126 Å². The number of benzene rings is 1. The summed E-state index contributed by atoms with van der Waals surface area (Å²) in [5, 5.41) is 5.96. The van der Waals surface area contributed by atoms with Gasteiger partial charge in [0.1, 0.15) is 23.3 Å². The number of hydrogen-bond acceptors (Lipinski definition) is 6. The minimum absolute atomic E-state index is 0.0930. The number of halogens is 2. The Bertz CT molecular complexity index is 687. The molecular formula is C14H16F2N6. The Balaban J connectivity index is 1.80. The van der Waals surface area contributed by atoms with Gasteiger partial charge in [0.05, 0.1) is 5.69 Å². The lowest BCUT2D eigenvalue weighted by atomic mass is 10.1. The summed E-state index contributed by atoms with van der Waals surface area (Å²) in [7, 11) is 1.90. The quantitative estimate of drug-likeness (QED) is 0.794. The van der Waals surface area contributed by atoms with E-state index in [0.29, 0.717) is 17.7 Å². The van der Waals surface area contributed by atoms with Gasteiger partial charge in [0.25, 0.3) is 0 Å². The molecule has 2 heterocycles. The van der Waals surface area contributed by atoms with Crippen LogP contribution in [0.5, 0.6) is 0 Å². The van der Waals surface area contributed by atoms with Gasteiger partial charge >= 0.3 is 0 Å². The van der Waals surface area contributed by atoms with Crippen LogP contribution in [0.4, 0.5) is 32.1 Å². The number of nitrogens with one attached hydrogen (secondary N) is 2. The fourth-order valence-corrected chi connectivity index (χ4v) is 2.26. The average Bonchev–Trinajstić information content (AvgIpc) is 2.40. The zero-order chi connectivity index (χ0) is 15.7. The highest BCUT2D eigenvalue weighted by atomic mass is 19.1. The van der Waals surface area contributed by atoms with E-state index in [1.807, 2.05) is 11.9 Å². The van der Waals surface area contributed by atoms with Crippen molar-refractivity contribution in [3.8, 4) is 0 Å². The van der Waals surface area contributed by atoms with E-state index >= 15 is 0 Å². The van der Waals surface area contributed by atoms with Crippen molar-refractivity contribution in [1.82, 2.24) is 15.3 Å². The van der Waals surface area contributed by atoms with E-state index in [4.69, 9.17) is 5.73 Å². The van der Waals surface area contributed by atoms with Crippen LogP contribution in [0.25, 0.3) is 0 Å². The van der Waals surface area contributed by atoms with Crippen LogP contribution in [0, 0.1) is 11.6 Å². The number of hydrogen-bond donors (Lipinski definition) is 3. The minimum Gasteiger partial charge on any atom is -0.368 e. The first kappa shape index (κ1) is 14.5. The molecule has 116 valence electrons. The zero-order valence-electron chi connectivity index (χ0n) is 12.0. The lowest BCUT2D eigenvalue weighted by Gasteiger charge is -2.40. The van der Waals surface area contributed by atoms with Crippen LogP contribution in [-0.2, 0) is 0 Å². The van der Waals surface area contributed by atoms with Gasteiger partial charge in [0.2, 0.25) is 5.95 Å². The first-order chi connectivity index (χ1) is 10.5. The van der Waals surface area contributed by atoms with Gasteiger partial charge in [-0.05, 0) is 19.2 Å². The van der Waals surface area contributed by atoms with Crippen molar-refractivity contribution in [1.29, 1.82) is 0 Å². The van der Waals surface area contributed by atoms with Gasteiger partial charge in [0.15, 0.2) is 0 Å².